The van der Waals surface area contributed by atoms with Gasteiger partial charge in [0.25, 0.3) is 0 Å². The van der Waals surface area contributed by atoms with Gasteiger partial charge in [0.1, 0.15) is 11.3 Å². The van der Waals surface area contributed by atoms with E-state index in [2.05, 4.69) is 4.98 Å². The maximum absolute atomic E-state index is 5.28. The Morgan fingerprint density at radius 1 is 1.38 bits per heavy atom. The number of hydrogen-bond acceptors (Lipinski definition) is 3. The van der Waals surface area contributed by atoms with E-state index in [1.54, 1.807) is 14.2 Å². The third-order valence-electron chi connectivity index (χ3n) is 2.51. The van der Waals surface area contributed by atoms with Crippen LogP contribution in [0.3, 0.4) is 0 Å². The molecule has 0 spiro atoms. The van der Waals surface area contributed by atoms with Crippen molar-refractivity contribution in [2.45, 2.75) is 6.54 Å². The van der Waals surface area contributed by atoms with Crippen LogP contribution in [-0.2, 0) is 11.3 Å². The summed E-state index contributed by atoms with van der Waals surface area (Å²) < 4.78 is 13.0. The van der Waals surface area contributed by atoms with Crippen LogP contribution in [-0.4, -0.2) is 30.4 Å². The van der Waals surface area contributed by atoms with Gasteiger partial charge in [-0.3, -0.25) is 0 Å². The largest absolute Gasteiger partial charge is 0.494 e. The zero-order valence-corrected chi connectivity index (χ0v) is 10.1. The van der Waals surface area contributed by atoms with Gasteiger partial charge in [0.05, 0.1) is 19.2 Å². The van der Waals surface area contributed by atoms with Gasteiger partial charge in [-0.2, -0.15) is 0 Å². The van der Waals surface area contributed by atoms with Crippen molar-refractivity contribution in [2.24, 2.45) is 0 Å². The molecule has 4 nitrogen and oxygen atoms in total. The number of aromatic nitrogens is 2. The Hall–Kier alpha value is -1.33. The topological polar surface area (TPSA) is 39.2 Å². The van der Waals surface area contributed by atoms with E-state index in [4.69, 9.17) is 21.7 Å². The number of benzene rings is 1. The molecule has 0 amide bonds. The predicted octanol–water partition coefficient (Wildman–Crippen LogP) is 2.35. The van der Waals surface area contributed by atoms with Gasteiger partial charge in [-0.15, -0.1) is 0 Å². The molecular formula is C11H14N2O2S. The fraction of sp³-hybridized carbons (Fsp3) is 0.364. The molecule has 0 radical (unpaired) electrons. The summed E-state index contributed by atoms with van der Waals surface area (Å²) in [5, 5.41) is 0. The normalized spacial score (nSPS) is 10.9. The number of rotatable bonds is 4. The summed E-state index contributed by atoms with van der Waals surface area (Å²) in [7, 11) is 3.33. The number of fused-ring (bicyclic) bond motifs is 1. The van der Waals surface area contributed by atoms with Crippen molar-refractivity contribution in [3.8, 4) is 5.75 Å². The van der Waals surface area contributed by atoms with Gasteiger partial charge < -0.3 is 19.0 Å². The van der Waals surface area contributed by atoms with Crippen LogP contribution in [0.15, 0.2) is 18.2 Å². The molecule has 1 aromatic carbocycles. The molecule has 0 aliphatic heterocycles. The molecule has 2 rings (SSSR count). The molecule has 1 aromatic heterocycles. The second-order valence-electron chi connectivity index (χ2n) is 3.43. The van der Waals surface area contributed by atoms with Gasteiger partial charge in [-0.05, 0) is 24.4 Å². The highest BCUT2D eigenvalue weighted by Gasteiger charge is 2.07. The molecule has 0 saturated carbocycles. The Bertz CT molecular complexity index is 544. The van der Waals surface area contributed by atoms with Crippen molar-refractivity contribution in [3.63, 3.8) is 0 Å². The Kier molecular flexibility index (Phi) is 3.26. The zero-order valence-electron chi connectivity index (χ0n) is 9.32. The summed E-state index contributed by atoms with van der Waals surface area (Å²) in [4.78, 5) is 3.15. The summed E-state index contributed by atoms with van der Waals surface area (Å²) >= 11 is 5.27. The number of H-pyrrole nitrogens is 1. The van der Waals surface area contributed by atoms with Crippen molar-refractivity contribution >= 4 is 23.3 Å². The van der Waals surface area contributed by atoms with Crippen LogP contribution in [0.1, 0.15) is 0 Å². The number of nitrogens with one attached hydrogen (secondary N) is 1. The number of ether oxygens (including phenoxy) is 2. The predicted molar refractivity (Wildman–Crippen MR) is 65.6 cm³/mol. The number of methoxy groups -OCH3 is 2. The molecule has 0 atom stereocenters. The first-order valence-corrected chi connectivity index (χ1v) is 5.43. The minimum atomic E-state index is 0.637. The zero-order chi connectivity index (χ0) is 11.5. The number of nitrogens with zero attached hydrogens (tertiary/aromatic N) is 1. The first-order chi connectivity index (χ1) is 7.77. The van der Waals surface area contributed by atoms with E-state index in [-0.39, 0.29) is 0 Å². The quantitative estimate of drug-likeness (QED) is 0.831. The molecular weight excluding hydrogens is 224 g/mol. The van der Waals surface area contributed by atoms with Crippen LogP contribution in [0.4, 0.5) is 0 Å². The minimum Gasteiger partial charge on any atom is -0.494 e. The maximum atomic E-state index is 5.28. The summed E-state index contributed by atoms with van der Waals surface area (Å²) in [6, 6.07) is 5.88. The fourth-order valence-electron chi connectivity index (χ4n) is 1.73. The minimum absolute atomic E-state index is 0.637. The van der Waals surface area contributed by atoms with Crippen LogP contribution in [0, 0.1) is 4.77 Å². The molecule has 5 heteroatoms. The monoisotopic (exact) mass is 238 g/mol. The molecule has 1 heterocycles. The molecule has 16 heavy (non-hydrogen) atoms. The highest BCUT2D eigenvalue weighted by molar-refractivity contribution is 7.71. The molecule has 0 unspecified atom stereocenters. The summed E-state index contributed by atoms with van der Waals surface area (Å²) in [6.07, 6.45) is 0. The lowest BCUT2D eigenvalue weighted by Gasteiger charge is -2.04. The van der Waals surface area contributed by atoms with Crippen molar-refractivity contribution in [3.05, 3.63) is 23.0 Å². The first-order valence-electron chi connectivity index (χ1n) is 5.02. The van der Waals surface area contributed by atoms with E-state index < -0.39 is 0 Å². The van der Waals surface area contributed by atoms with Gasteiger partial charge in [-0.25, -0.2) is 0 Å². The highest BCUT2D eigenvalue weighted by atomic mass is 32.1. The van der Waals surface area contributed by atoms with Gasteiger partial charge in [0.15, 0.2) is 4.77 Å². The van der Waals surface area contributed by atoms with Gasteiger partial charge >= 0.3 is 0 Å². The molecule has 0 aliphatic carbocycles. The number of hydrogen-bond donors (Lipinski definition) is 1. The summed E-state index contributed by atoms with van der Waals surface area (Å²) in [6.45, 7) is 1.38. The SMILES string of the molecule is COCCn1c(=S)[nH]c2c(OC)cccc21. The van der Waals surface area contributed by atoms with Crippen LogP contribution in [0.2, 0.25) is 0 Å². The molecule has 0 bridgehead atoms. The first kappa shape index (κ1) is 11.2. The second-order valence-corrected chi connectivity index (χ2v) is 3.82. The Morgan fingerprint density at radius 2 is 2.19 bits per heavy atom. The van der Waals surface area contributed by atoms with Gasteiger partial charge in [-0.1, -0.05) is 6.07 Å². The van der Waals surface area contributed by atoms with Crippen molar-refractivity contribution in [1.29, 1.82) is 0 Å². The highest BCUT2D eigenvalue weighted by Crippen LogP contribution is 2.24. The van der Waals surface area contributed by atoms with Crippen LogP contribution < -0.4 is 4.74 Å². The van der Waals surface area contributed by atoms with E-state index in [0.717, 1.165) is 23.3 Å². The van der Waals surface area contributed by atoms with Gasteiger partial charge in [0, 0.05) is 13.7 Å². The fourth-order valence-corrected chi connectivity index (χ4v) is 2.02. The molecule has 2 aromatic rings. The van der Waals surface area contributed by atoms with Crippen LogP contribution in [0.5, 0.6) is 5.75 Å². The Labute approximate surface area is 98.8 Å². The summed E-state index contributed by atoms with van der Waals surface area (Å²) in [5.74, 6) is 0.805. The molecule has 0 aliphatic rings. The second kappa shape index (κ2) is 4.67. The standard InChI is InChI=1S/C11H14N2O2S/c1-14-7-6-13-8-4-3-5-9(15-2)10(8)12-11(13)16/h3-5H,6-7H2,1-2H3,(H,12,16). The lowest BCUT2D eigenvalue weighted by Crippen LogP contribution is -2.03. The molecule has 0 saturated heterocycles. The van der Waals surface area contributed by atoms with E-state index in [0.29, 0.717) is 11.4 Å². The summed E-state index contributed by atoms with van der Waals surface area (Å²) in [5.41, 5.74) is 1.98. The third-order valence-corrected chi connectivity index (χ3v) is 2.83. The van der Waals surface area contributed by atoms with Crippen molar-refractivity contribution in [2.75, 3.05) is 20.8 Å². The van der Waals surface area contributed by atoms with Crippen LogP contribution >= 0.6 is 12.2 Å². The van der Waals surface area contributed by atoms with Crippen molar-refractivity contribution in [1.82, 2.24) is 9.55 Å². The smallest absolute Gasteiger partial charge is 0.178 e. The molecule has 0 fully saturated rings. The lowest BCUT2D eigenvalue weighted by atomic mass is 10.3. The average molecular weight is 238 g/mol. The van der Waals surface area contributed by atoms with Crippen LogP contribution in [0.25, 0.3) is 11.0 Å². The lowest BCUT2D eigenvalue weighted by molar-refractivity contribution is 0.188. The van der Waals surface area contributed by atoms with Crippen molar-refractivity contribution < 1.29 is 9.47 Å². The number of imidazole rings is 1. The van der Waals surface area contributed by atoms with E-state index in [1.807, 2.05) is 22.8 Å². The van der Waals surface area contributed by atoms with E-state index >= 15 is 0 Å². The average Bonchev–Trinajstić information content (AvgIpc) is 2.62. The Balaban J connectivity index is 2.57. The Morgan fingerprint density at radius 3 is 2.88 bits per heavy atom. The molecule has 86 valence electrons. The number of aromatic amines is 1. The van der Waals surface area contributed by atoms with E-state index in [1.165, 1.54) is 0 Å². The molecule has 1 N–H and O–H groups in total. The third kappa shape index (κ3) is 1.83. The van der Waals surface area contributed by atoms with E-state index in [9.17, 15) is 0 Å². The van der Waals surface area contributed by atoms with Gasteiger partial charge in [0.2, 0.25) is 0 Å². The number of para-hydroxylation sites is 1. The maximum Gasteiger partial charge on any atom is 0.178 e.